The molecule has 4 nitrogen and oxygen atoms in total. The highest BCUT2D eigenvalue weighted by Crippen LogP contribution is 1.86. The second-order valence-electron chi connectivity index (χ2n) is 3.37. The molecule has 0 aliphatic carbocycles. The van der Waals surface area contributed by atoms with Crippen molar-refractivity contribution >= 4 is 5.91 Å². The minimum atomic E-state index is 0.00967. The van der Waals surface area contributed by atoms with E-state index in [1.165, 1.54) is 0 Å². The van der Waals surface area contributed by atoms with Gasteiger partial charge in [0.1, 0.15) is 0 Å². The van der Waals surface area contributed by atoms with Gasteiger partial charge in [0.05, 0.1) is 12.6 Å². The molecule has 0 aromatic rings. The fourth-order valence-corrected chi connectivity index (χ4v) is 0.933. The number of likely N-dealkylation sites (N-methyl/N-ethyl adjacent to an activating group) is 1. The highest BCUT2D eigenvalue weighted by atomic mass is 16.2. The third-order valence-electron chi connectivity index (χ3n) is 1.47. The number of nitrogens with one attached hydrogen (secondary N) is 1. The summed E-state index contributed by atoms with van der Waals surface area (Å²) >= 11 is 0. The van der Waals surface area contributed by atoms with Gasteiger partial charge >= 0.3 is 0 Å². The number of carbonyl (C=O) groups excluding carboxylic acids is 1. The van der Waals surface area contributed by atoms with Crippen molar-refractivity contribution in [1.29, 1.82) is 5.26 Å². The molecule has 0 unspecified atom stereocenters. The molecule has 13 heavy (non-hydrogen) atoms. The maximum Gasteiger partial charge on any atom is 0.234 e. The van der Waals surface area contributed by atoms with Crippen molar-refractivity contribution in [2.24, 2.45) is 0 Å². The molecule has 1 N–H and O–H groups in total. The standard InChI is InChI=1S/C9H17N3O/c1-8(2)11-9(13)7-12(3)6-4-5-10/h8H,4,6-7H2,1-3H3,(H,11,13). The van der Waals surface area contributed by atoms with E-state index in [2.05, 4.69) is 5.32 Å². The smallest absolute Gasteiger partial charge is 0.234 e. The molecule has 0 fully saturated rings. The summed E-state index contributed by atoms with van der Waals surface area (Å²) in [6.45, 7) is 4.85. The summed E-state index contributed by atoms with van der Waals surface area (Å²) in [5.41, 5.74) is 0. The van der Waals surface area contributed by atoms with Gasteiger partial charge in [-0.2, -0.15) is 5.26 Å². The number of rotatable bonds is 5. The van der Waals surface area contributed by atoms with E-state index in [1.807, 2.05) is 31.9 Å². The molecule has 74 valence electrons. The fraction of sp³-hybridized carbons (Fsp3) is 0.778. The molecule has 0 aliphatic rings. The lowest BCUT2D eigenvalue weighted by Crippen LogP contribution is -2.38. The minimum absolute atomic E-state index is 0.00967. The quantitative estimate of drug-likeness (QED) is 0.669. The number of nitriles is 1. The lowest BCUT2D eigenvalue weighted by Gasteiger charge is -2.15. The SMILES string of the molecule is CC(C)NC(=O)CN(C)CCC#N. The van der Waals surface area contributed by atoms with E-state index in [-0.39, 0.29) is 11.9 Å². The van der Waals surface area contributed by atoms with Gasteiger partial charge in [0, 0.05) is 19.0 Å². The van der Waals surface area contributed by atoms with E-state index < -0.39 is 0 Å². The first-order chi connectivity index (χ1) is 6.06. The van der Waals surface area contributed by atoms with Gasteiger partial charge in [0.15, 0.2) is 0 Å². The van der Waals surface area contributed by atoms with Gasteiger partial charge in [-0.05, 0) is 20.9 Å². The van der Waals surface area contributed by atoms with Crippen LogP contribution in [0.2, 0.25) is 0 Å². The predicted octanol–water partition coefficient (Wildman–Crippen LogP) is 0.356. The number of carbonyl (C=O) groups is 1. The van der Waals surface area contributed by atoms with E-state index in [4.69, 9.17) is 5.26 Å². The molecule has 0 radical (unpaired) electrons. The first kappa shape index (κ1) is 11.9. The number of hydrogen-bond donors (Lipinski definition) is 1. The summed E-state index contributed by atoms with van der Waals surface area (Å²) in [7, 11) is 1.83. The number of nitrogens with zero attached hydrogens (tertiary/aromatic N) is 2. The molecule has 0 saturated heterocycles. The molecule has 0 spiro atoms. The van der Waals surface area contributed by atoms with Gasteiger partial charge in [-0.1, -0.05) is 0 Å². The Hall–Kier alpha value is -1.08. The Bertz CT molecular complexity index is 196. The zero-order valence-electron chi connectivity index (χ0n) is 8.50. The van der Waals surface area contributed by atoms with Crippen molar-refractivity contribution < 1.29 is 4.79 Å². The highest BCUT2D eigenvalue weighted by Gasteiger charge is 2.06. The molecule has 0 saturated carbocycles. The monoisotopic (exact) mass is 183 g/mol. The Morgan fingerprint density at radius 1 is 1.62 bits per heavy atom. The second-order valence-corrected chi connectivity index (χ2v) is 3.37. The Labute approximate surface area is 79.5 Å². The fourth-order valence-electron chi connectivity index (χ4n) is 0.933. The number of hydrogen-bond acceptors (Lipinski definition) is 3. The third kappa shape index (κ3) is 7.29. The third-order valence-corrected chi connectivity index (χ3v) is 1.47. The van der Waals surface area contributed by atoms with Crippen LogP contribution in [0, 0.1) is 11.3 Å². The first-order valence-corrected chi connectivity index (χ1v) is 4.41. The van der Waals surface area contributed by atoms with E-state index in [9.17, 15) is 4.79 Å². The van der Waals surface area contributed by atoms with Crippen LogP contribution in [0.15, 0.2) is 0 Å². The van der Waals surface area contributed by atoms with Gasteiger partial charge < -0.3 is 5.32 Å². The van der Waals surface area contributed by atoms with Crippen molar-refractivity contribution in [3.63, 3.8) is 0 Å². The largest absolute Gasteiger partial charge is 0.353 e. The van der Waals surface area contributed by atoms with Gasteiger partial charge in [-0.15, -0.1) is 0 Å². The lowest BCUT2D eigenvalue weighted by atomic mass is 10.3. The van der Waals surface area contributed by atoms with E-state index in [1.54, 1.807) is 0 Å². The van der Waals surface area contributed by atoms with Crippen molar-refractivity contribution in [3.05, 3.63) is 0 Å². The molecule has 0 aromatic heterocycles. The van der Waals surface area contributed by atoms with Crippen LogP contribution in [-0.2, 0) is 4.79 Å². The van der Waals surface area contributed by atoms with Crippen molar-refractivity contribution in [1.82, 2.24) is 10.2 Å². The van der Waals surface area contributed by atoms with Gasteiger partial charge in [0.2, 0.25) is 5.91 Å². The minimum Gasteiger partial charge on any atom is -0.353 e. The van der Waals surface area contributed by atoms with Gasteiger partial charge in [-0.3, -0.25) is 9.69 Å². The summed E-state index contributed by atoms with van der Waals surface area (Å²) in [5.74, 6) is 0.00967. The summed E-state index contributed by atoms with van der Waals surface area (Å²) in [4.78, 5) is 13.0. The van der Waals surface area contributed by atoms with Crippen molar-refractivity contribution in [2.75, 3.05) is 20.1 Å². The Morgan fingerprint density at radius 2 is 2.23 bits per heavy atom. The second kappa shape index (κ2) is 6.44. The zero-order chi connectivity index (χ0) is 10.3. The number of amides is 1. The maximum absolute atomic E-state index is 11.2. The highest BCUT2D eigenvalue weighted by molar-refractivity contribution is 5.78. The van der Waals surface area contributed by atoms with Crippen molar-refractivity contribution in [3.8, 4) is 6.07 Å². The Balaban J connectivity index is 3.60. The van der Waals surface area contributed by atoms with Crippen LogP contribution in [0.5, 0.6) is 0 Å². The molecular formula is C9H17N3O. The van der Waals surface area contributed by atoms with Crippen LogP contribution in [0.1, 0.15) is 20.3 Å². The van der Waals surface area contributed by atoms with Gasteiger partial charge in [-0.25, -0.2) is 0 Å². The molecule has 0 rings (SSSR count). The molecule has 0 aromatic carbocycles. The first-order valence-electron chi connectivity index (χ1n) is 4.41. The molecular weight excluding hydrogens is 166 g/mol. The average Bonchev–Trinajstić information content (AvgIpc) is 1.98. The Morgan fingerprint density at radius 3 is 2.69 bits per heavy atom. The van der Waals surface area contributed by atoms with Crippen LogP contribution in [0.25, 0.3) is 0 Å². The van der Waals surface area contributed by atoms with E-state index >= 15 is 0 Å². The van der Waals surface area contributed by atoms with E-state index in [0.29, 0.717) is 19.5 Å². The molecule has 0 atom stereocenters. The lowest BCUT2D eigenvalue weighted by molar-refractivity contribution is -0.122. The van der Waals surface area contributed by atoms with Crippen molar-refractivity contribution in [2.45, 2.75) is 26.3 Å². The maximum atomic E-state index is 11.2. The summed E-state index contributed by atoms with van der Waals surface area (Å²) < 4.78 is 0. The molecule has 1 amide bonds. The van der Waals surface area contributed by atoms with Crippen LogP contribution in [0.3, 0.4) is 0 Å². The summed E-state index contributed by atoms with van der Waals surface area (Å²) in [5, 5.41) is 11.1. The molecule has 0 aliphatic heterocycles. The van der Waals surface area contributed by atoms with Crippen LogP contribution < -0.4 is 5.32 Å². The molecule has 0 heterocycles. The molecule has 0 bridgehead atoms. The van der Waals surface area contributed by atoms with Crippen LogP contribution in [-0.4, -0.2) is 37.0 Å². The summed E-state index contributed by atoms with van der Waals surface area (Å²) in [6.07, 6.45) is 0.464. The zero-order valence-corrected chi connectivity index (χ0v) is 8.50. The average molecular weight is 183 g/mol. The Kier molecular flexibility index (Phi) is 5.90. The van der Waals surface area contributed by atoms with Gasteiger partial charge in [0.25, 0.3) is 0 Å². The van der Waals surface area contributed by atoms with E-state index in [0.717, 1.165) is 0 Å². The summed E-state index contributed by atoms with van der Waals surface area (Å²) in [6, 6.07) is 2.22. The van der Waals surface area contributed by atoms with Crippen LogP contribution in [0.4, 0.5) is 0 Å². The molecule has 4 heteroatoms. The normalized spacial score (nSPS) is 10.2. The van der Waals surface area contributed by atoms with Crippen LogP contribution >= 0.6 is 0 Å². The topological polar surface area (TPSA) is 56.1 Å². The predicted molar refractivity (Wildman–Crippen MR) is 51.0 cm³/mol.